The van der Waals surface area contributed by atoms with Gasteiger partial charge in [-0.3, -0.25) is 0 Å². The molecule has 0 amide bonds. The van der Waals surface area contributed by atoms with E-state index in [0.717, 1.165) is 5.56 Å². The molecule has 0 aliphatic rings. The zero-order chi connectivity index (χ0) is 12.6. The summed E-state index contributed by atoms with van der Waals surface area (Å²) in [6.45, 7) is 3.65. The highest BCUT2D eigenvalue weighted by Crippen LogP contribution is 2.26. The average molecular weight is 228 g/mol. The molecular formula is C12H20O4. The minimum absolute atomic E-state index is 0.122. The Labute approximate surface area is 96.1 Å². The molecule has 4 nitrogen and oxygen atoms in total. The summed E-state index contributed by atoms with van der Waals surface area (Å²) >= 11 is 0. The first-order valence-corrected chi connectivity index (χ1v) is 5.19. The molecule has 0 aliphatic heterocycles. The van der Waals surface area contributed by atoms with E-state index in [1.54, 1.807) is 32.0 Å². The van der Waals surface area contributed by atoms with E-state index in [4.69, 9.17) is 14.9 Å². The van der Waals surface area contributed by atoms with Crippen molar-refractivity contribution in [2.75, 3.05) is 13.7 Å². The van der Waals surface area contributed by atoms with E-state index in [1.807, 2.05) is 0 Å². The quantitative estimate of drug-likeness (QED) is 0.729. The molecule has 0 aromatic heterocycles. The van der Waals surface area contributed by atoms with Gasteiger partial charge in [-0.1, -0.05) is 6.07 Å². The van der Waals surface area contributed by atoms with Gasteiger partial charge in [-0.25, -0.2) is 0 Å². The van der Waals surface area contributed by atoms with Crippen LogP contribution in [-0.4, -0.2) is 35.1 Å². The molecule has 1 aromatic rings. The van der Waals surface area contributed by atoms with Gasteiger partial charge in [0.1, 0.15) is 0 Å². The zero-order valence-electron chi connectivity index (χ0n) is 9.97. The molecule has 92 valence electrons. The molecule has 0 saturated carbocycles. The van der Waals surface area contributed by atoms with Crippen molar-refractivity contribution < 1.29 is 20.1 Å². The number of aliphatic hydroxyl groups is 2. The number of benzene rings is 1. The normalized spacial score (nSPS) is 11.3. The van der Waals surface area contributed by atoms with Crippen LogP contribution >= 0.6 is 0 Å². The van der Waals surface area contributed by atoms with E-state index >= 15 is 0 Å². The summed E-state index contributed by atoms with van der Waals surface area (Å²) < 4.78 is 4.94. The maximum atomic E-state index is 9.28. The maximum absolute atomic E-state index is 9.28. The summed E-state index contributed by atoms with van der Waals surface area (Å²) in [6, 6.07) is 5.06. The lowest BCUT2D eigenvalue weighted by Gasteiger charge is -2.07. The van der Waals surface area contributed by atoms with Crippen molar-refractivity contribution in [2.24, 2.45) is 0 Å². The Bertz CT molecular complexity index is 297. The topological polar surface area (TPSA) is 69.9 Å². The first kappa shape index (κ1) is 14.7. The molecule has 0 heterocycles. The molecule has 0 spiro atoms. The molecule has 1 aromatic carbocycles. The summed E-state index contributed by atoms with van der Waals surface area (Å²) in [6.07, 6.45) is 0.186. The fraction of sp³-hybridized carbons (Fsp3) is 0.500. The van der Waals surface area contributed by atoms with Crippen molar-refractivity contribution in [3.63, 3.8) is 0 Å². The number of methoxy groups -OCH3 is 1. The summed E-state index contributed by atoms with van der Waals surface area (Å²) in [5.41, 5.74) is 0.949. The minimum Gasteiger partial charge on any atom is -0.504 e. The Balaban J connectivity index is 0.000000673. The number of hydrogen-bond donors (Lipinski definition) is 3. The fourth-order valence-corrected chi connectivity index (χ4v) is 1.19. The van der Waals surface area contributed by atoms with Crippen molar-refractivity contribution in [1.82, 2.24) is 0 Å². The second kappa shape index (κ2) is 7.96. The Morgan fingerprint density at radius 2 is 1.94 bits per heavy atom. The van der Waals surface area contributed by atoms with Gasteiger partial charge >= 0.3 is 0 Å². The Hall–Kier alpha value is -1.26. The van der Waals surface area contributed by atoms with Gasteiger partial charge in [0.05, 0.1) is 13.2 Å². The van der Waals surface area contributed by atoms with Crippen LogP contribution in [0.2, 0.25) is 0 Å². The minimum atomic E-state index is -0.380. The van der Waals surface area contributed by atoms with Crippen molar-refractivity contribution in [3.8, 4) is 11.5 Å². The molecule has 3 N–H and O–H groups in total. The highest BCUT2D eigenvalue weighted by atomic mass is 16.5. The molecule has 0 bridgehead atoms. The number of hydrogen-bond acceptors (Lipinski definition) is 4. The summed E-state index contributed by atoms with van der Waals surface area (Å²) in [4.78, 5) is 0. The second-order valence-corrected chi connectivity index (χ2v) is 3.38. The summed E-state index contributed by atoms with van der Waals surface area (Å²) in [5, 5.41) is 26.0. The second-order valence-electron chi connectivity index (χ2n) is 3.38. The number of ether oxygens (including phenoxy) is 1. The predicted octanol–water partition coefficient (Wildman–Crippen LogP) is 1.32. The molecule has 0 saturated heterocycles. The van der Waals surface area contributed by atoms with Crippen LogP contribution in [0.1, 0.15) is 19.4 Å². The molecule has 1 rings (SSSR count). The maximum Gasteiger partial charge on any atom is 0.160 e. The lowest BCUT2D eigenvalue weighted by atomic mass is 10.1. The molecular weight excluding hydrogens is 208 g/mol. The highest BCUT2D eigenvalue weighted by molar-refractivity contribution is 5.41. The van der Waals surface area contributed by atoms with Gasteiger partial charge in [0.15, 0.2) is 11.5 Å². The third-order valence-corrected chi connectivity index (χ3v) is 1.78. The standard InChI is InChI=1S/C10H14O3.C2H6O/c1-7(11)5-8-3-4-9(12)10(6-8)13-2;1-2-3/h3-4,6-7,11-12H,5H2,1-2H3;3H,2H2,1H3. The van der Waals surface area contributed by atoms with Crippen LogP contribution < -0.4 is 4.74 Å². The van der Waals surface area contributed by atoms with Crippen LogP contribution in [0.3, 0.4) is 0 Å². The Morgan fingerprint density at radius 3 is 2.38 bits per heavy atom. The SMILES string of the molecule is CCO.COc1cc(CC(C)O)ccc1O. The lowest BCUT2D eigenvalue weighted by Crippen LogP contribution is -2.04. The first-order chi connectivity index (χ1) is 7.54. The molecule has 1 atom stereocenters. The van der Waals surface area contributed by atoms with E-state index in [2.05, 4.69) is 0 Å². The van der Waals surface area contributed by atoms with Crippen LogP contribution in [0.25, 0.3) is 0 Å². The van der Waals surface area contributed by atoms with Crippen molar-refractivity contribution in [1.29, 1.82) is 0 Å². The highest BCUT2D eigenvalue weighted by Gasteiger charge is 2.04. The van der Waals surface area contributed by atoms with Gasteiger partial charge in [-0.2, -0.15) is 0 Å². The molecule has 16 heavy (non-hydrogen) atoms. The van der Waals surface area contributed by atoms with Gasteiger partial charge in [0, 0.05) is 6.61 Å². The molecule has 1 unspecified atom stereocenters. The lowest BCUT2D eigenvalue weighted by molar-refractivity contribution is 0.195. The molecule has 0 fully saturated rings. The molecule has 0 aliphatic carbocycles. The number of aliphatic hydroxyl groups excluding tert-OH is 2. The van der Waals surface area contributed by atoms with Gasteiger partial charge in [0.25, 0.3) is 0 Å². The third kappa shape index (κ3) is 5.58. The number of aromatic hydroxyl groups is 1. The average Bonchev–Trinajstić information content (AvgIpc) is 2.21. The smallest absolute Gasteiger partial charge is 0.160 e. The summed E-state index contributed by atoms with van der Waals surface area (Å²) in [7, 11) is 1.50. The van der Waals surface area contributed by atoms with Crippen molar-refractivity contribution >= 4 is 0 Å². The fourth-order valence-electron chi connectivity index (χ4n) is 1.19. The van der Waals surface area contributed by atoms with Crippen LogP contribution in [-0.2, 0) is 6.42 Å². The van der Waals surface area contributed by atoms with Crippen LogP contribution in [0.5, 0.6) is 11.5 Å². The van der Waals surface area contributed by atoms with E-state index in [1.165, 1.54) is 7.11 Å². The van der Waals surface area contributed by atoms with Crippen molar-refractivity contribution in [2.45, 2.75) is 26.4 Å². The van der Waals surface area contributed by atoms with Gasteiger partial charge < -0.3 is 20.1 Å². The van der Waals surface area contributed by atoms with E-state index < -0.39 is 0 Å². The Morgan fingerprint density at radius 1 is 1.38 bits per heavy atom. The number of rotatable bonds is 3. The number of phenolic OH excluding ortho intramolecular Hbond substituents is 1. The predicted molar refractivity (Wildman–Crippen MR) is 62.8 cm³/mol. The third-order valence-electron chi connectivity index (χ3n) is 1.78. The van der Waals surface area contributed by atoms with Gasteiger partial charge in [0.2, 0.25) is 0 Å². The van der Waals surface area contributed by atoms with Crippen molar-refractivity contribution in [3.05, 3.63) is 23.8 Å². The van der Waals surface area contributed by atoms with E-state index in [9.17, 15) is 5.11 Å². The van der Waals surface area contributed by atoms with E-state index in [0.29, 0.717) is 12.2 Å². The number of phenols is 1. The Kier molecular flexibility index (Phi) is 7.33. The molecule has 0 radical (unpaired) electrons. The van der Waals surface area contributed by atoms with Crippen LogP contribution in [0.15, 0.2) is 18.2 Å². The van der Waals surface area contributed by atoms with Gasteiger partial charge in [-0.15, -0.1) is 0 Å². The van der Waals surface area contributed by atoms with Crippen LogP contribution in [0, 0.1) is 0 Å². The first-order valence-electron chi connectivity index (χ1n) is 5.19. The van der Waals surface area contributed by atoms with E-state index in [-0.39, 0.29) is 18.5 Å². The van der Waals surface area contributed by atoms with Gasteiger partial charge in [-0.05, 0) is 38.0 Å². The summed E-state index contributed by atoms with van der Waals surface area (Å²) in [5.74, 6) is 0.565. The molecule has 4 heteroatoms. The monoisotopic (exact) mass is 228 g/mol. The largest absolute Gasteiger partial charge is 0.504 e. The van der Waals surface area contributed by atoms with Crippen LogP contribution in [0.4, 0.5) is 0 Å². The zero-order valence-corrected chi connectivity index (χ0v) is 9.97.